The smallest absolute Gasteiger partial charge is 0.319 e. The molecule has 0 aliphatic rings. The highest BCUT2D eigenvalue weighted by molar-refractivity contribution is 6.33. The van der Waals surface area contributed by atoms with Gasteiger partial charge in [-0.3, -0.25) is 0 Å². The van der Waals surface area contributed by atoms with Crippen LogP contribution < -0.4 is 20.1 Å². The molecule has 0 saturated carbocycles. The minimum absolute atomic E-state index is 0.331. The van der Waals surface area contributed by atoms with Gasteiger partial charge >= 0.3 is 6.03 Å². The fourth-order valence-corrected chi connectivity index (χ4v) is 1.94. The third-order valence-corrected chi connectivity index (χ3v) is 3.15. The first kappa shape index (κ1) is 16.0. The molecule has 2 rings (SSSR count). The molecule has 116 valence electrons. The summed E-state index contributed by atoms with van der Waals surface area (Å²) in [6.45, 7) is 0.719. The van der Waals surface area contributed by atoms with Gasteiger partial charge in [-0.05, 0) is 24.3 Å². The topological polar surface area (TPSA) is 59.6 Å². The average Bonchev–Trinajstić information content (AvgIpc) is 2.54. The van der Waals surface area contributed by atoms with Gasteiger partial charge in [0.1, 0.15) is 18.1 Å². The lowest BCUT2D eigenvalue weighted by Gasteiger charge is -2.10. The molecule has 0 spiro atoms. The number of para-hydroxylation sites is 1. The van der Waals surface area contributed by atoms with Gasteiger partial charge in [0.15, 0.2) is 0 Å². The van der Waals surface area contributed by atoms with Gasteiger partial charge in [-0.2, -0.15) is 0 Å². The number of urea groups is 1. The van der Waals surface area contributed by atoms with E-state index in [1.54, 1.807) is 37.4 Å². The van der Waals surface area contributed by atoms with Crippen LogP contribution in [0.3, 0.4) is 0 Å². The van der Waals surface area contributed by atoms with E-state index in [0.29, 0.717) is 29.6 Å². The Hall–Kier alpha value is -2.40. The molecule has 0 unspecified atom stereocenters. The quantitative estimate of drug-likeness (QED) is 0.800. The van der Waals surface area contributed by atoms with Crippen molar-refractivity contribution >= 4 is 23.3 Å². The van der Waals surface area contributed by atoms with Gasteiger partial charge in [-0.15, -0.1) is 0 Å². The molecule has 6 heteroatoms. The molecule has 0 fully saturated rings. The van der Waals surface area contributed by atoms with E-state index < -0.39 is 0 Å². The number of carbonyl (C=O) groups excluding carboxylic acids is 1. The van der Waals surface area contributed by atoms with Gasteiger partial charge < -0.3 is 20.1 Å². The van der Waals surface area contributed by atoms with Crippen LogP contribution in [0.25, 0.3) is 0 Å². The number of benzene rings is 2. The monoisotopic (exact) mass is 320 g/mol. The number of methoxy groups -OCH3 is 1. The molecule has 2 aromatic rings. The van der Waals surface area contributed by atoms with Crippen LogP contribution in [0.15, 0.2) is 48.5 Å². The Labute approximate surface area is 134 Å². The van der Waals surface area contributed by atoms with Gasteiger partial charge in [0.2, 0.25) is 0 Å². The molecule has 0 bridgehead atoms. The Morgan fingerprint density at radius 3 is 2.68 bits per heavy atom. The number of amides is 2. The third kappa shape index (κ3) is 4.86. The van der Waals surface area contributed by atoms with Gasteiger partial charge in [0, 0.05) is 6.07 Å². The number of hydrogen-bond donors (Lipinski definition) is 2. The third-order valence-electron chi connectivity index (χ3n) is 2.82. The second-order valence-corrected chi connectivity index (χ2v) is 4.80. The Morgan fingerprint density at radius 1 is 1.14 bits per heavy atom. The second-order valence-electron chi connectivity index (χ2n) is 4.39. The molecule has 0 radical (unpaired) electrons. The number of carbonyl (C=O) groups is 1. The van der Waals surface area contributed by atoms with Crippen molar-refractivity contribution in [2.45, 2.75) is 0 Å². The van der Waals surface area contributed by atoms with Crippen LogP contribution in [-0.2, 0) is 0 Å². The van der Waals surface area contributed by atoms with E-state index in [1.807, 2.05) is 18.2 Å². The van der Waals surface area contributed by atoms with Crippen LogP contribution in [-0.4, -0.2) is 26.3 Å². The number of anilines is 1. The number of hydrogen-bond acceptors (Lipinski definition) is 3. The lowest BCUT2D eigenvalue weighted by Crippen LogP contribution is -2.32. The number of halogens is 1. The van der Waals surface area contributed by atoms with Crippen LogP contribution in [0.5, 0.6) is 11.5 Å². The lowest BCUT2D eigenvalue weighted by molar-refractivity contribution is 0.247. The first-order valence-electron chi connectivity index (χ1n) is 6.75. The van der Waals surface area contributed by atoms with Crippen LogP contribution in [0.1, 0.15) is 0 Å². The second kappa shape index (κ2) is 8.14. The summed E-state index contributed by atoms with van der Waals surface area (Å²) in [5.74, 6) is 1.41. The summed E-state index contributed by atoms with van der Waals surface area (Å²) < 4.78 is 10.6. The van der Waals surface area contributed by atoms with Crippen molar-refractivity contribution in [1.29, 1.82) is 0 Å². The van der Waals surface area contributed by atoms with Crippen LogP contribution in [0.4, 0.5) is 10.5 Å². The molecular weight excluding hydrogens is 304 g/mol. The molecule has 0 atom stereocenters. The maximum Gasteiger partial charge on any atom is 0.319 e. The molecule has 0 aliphatic heterocycles. The summed E-state index contributed by atoms with van der Waals surface area (Å²) in [6, 6.07) is 14.0. The minimum atomic E-state index is -0.331. The van der Waals surface area contributed by atoms with Crippen LogP contribution in [0.2, 0.25) is 5.02 Å². The Balaban J connectivity index is 1.72. The van der Waals surface area contributed by atoms with Crippen molar-refractivity contribution in [3.8, 4) is 11.5 Å². The van der Waals surface area contributed by atoms with Gasteiger partial charge in [0.05, 0.1) is 24.4 Å². The highest BCUT2D eigenvalue weighted by atomic mass is 35.5. The molecule has 0 saturated heterocycles. The Morgan fingerprint density at radius 2 is 1.91 bits per heavy atom. The summed E-state index contributed by atoms with van der Waals surface area (Å²) in [4.78, 5) is 11.7. The molecule has 0 aliphatic carbocycles. The molecule has 2 aromatic carbocycles. The van der Waals surface area contributed by atoms with Crippen molar-refractivity contribution in [2.24, 2.45) is 0 Å². The predicted molar refractivity (Wildman–Crippen MR) is 87.0 cm³/mol. The summed E-state index contributed by atoms with van der Waals surface area (Å²) in [5, 5.41) is 5.85. The van der Waals surface area contributed by atoms with Gasteiger partial charge in [0.25, 0.3) is 0 Å². The van der Waals surface area contributed by atoms with Crippen molar-refractivity contribution in [1.82, 2.24) is 5.32 Å². The van der Waals surface area contributed by atoms with E-state index in [-0.39, 0.29) is 6.03 Å². The van der Waals surface area contributed by atoms with E-state index in [0.717, 1.165) is 5.75 Å². The molecular formula is C16H17ClN2O3. The van der Waals surface area contributed by atoms with E-state index in [9.17, 15) is 4.79 Å². The van der Waals surface area contributed by atoms with Gasteiger partial charge in [-0.1, -0.05) is 29.8 Å². The van der Waals surface area contributed by atoms with E-state index in [4.69, 9.17) is 21.1 Å². The van der Waals surface area contributed by atoms with E-state index in [1.165, 1.54) is 0 Å². The maximum absolute atomic E-state index is 11.7. The molecule has 5 nitrogen and oxygen atoms in total. The first-order chi connectivity index (χ1) is 10.7. The van der Waals surface area contributed by atoms with Crippen molar-refractivity contribution < 1.29 is 14.3 Å². The fourth-order valence-electron chi connectivity index (χ4n) is 1.75. The van der Waals surface area contributed by atoms with E-state index >= 15 is 0 Å². The maximum atomic E-state index is 11.7. The highest BCUT2D eigenvalue weighted by Gasteiger charge is 2.04. The standard InChI is InChI=1S/C16H17ClN2O3/c1-21-12-5-4-6-13(11-12)22-10-9-18-16(20)19-15-8-3-2-7-14(15)17/h2-8,11H,9-10H2,1H3,(H2,18,19,20). The Bertz CT molecular complexity index is 634. The molecule has 0 aromatic heterocycles. The summed E-state index contributed by atoms with van der Waals surface area (Å²) in [7, 11) is 1.60. The summed E-state index contributed by atoms with van der Waals surface area (Å²) in [5.41, 5.74) is 0.565. The van der Waals surface area contributed by atoms with Gasteiger partial charge in [-0.25, -0.2) is 4.79 Å². The number of ether oxygens (including phenoxy) is 2. The normalized spacial score (nSPS) is 9.91. The number of nitrogens with one attached hydrogen (secondary N) is 2. The molecule has 0 heterocycles. The van der Waals surface area contributed by atoms with Crippen molar-refractivity contribution in [3.05, 3.63) is 53.6 Å². The number of rotatable bonds is 6. The fraction of sp³-hybridized carbons (Fsp3) is 0.188. The van der Waals surface area contributed by atoms with Crippen LogP contribution >= 0.6 is 11.6 Å². The SMILES string of the molecule is COc1cccc(OCCNC(=O)Nc2ccccc2Cl)c1. The molecule has 22 heavy (non-hydrogen) atoms. The largest absolute Gasteiger partial charge is 0.497 e. The van der Waals surface area contributed by atoms with Crippen LogP contribution in [0, 0.1) is 0 Å². The summed E-state index contributed by atoms with van der Waals surface area (Å²) in [6.07, 6.45) is 0. The lowest BCUT2D eigenvalue weighted by atomic mass is 10.3. The highest BCUT2D eigenvalue weighted by Crippen LogP contribution is 2.20. The van der Waals surface area contributed by atoms with E-state index in [2.05, 4.69) is 10.6 Å². The Kier molecular flexibility index (Phi) is 5.91. The summed E-state index contributed by atoms with van der Waals surface area (Å²) >= 11 is 5.96. The zero-order valence-electron chi connectivity index (χ0n) is 12.1. The van der Waals surface area contributed by atoms with Crippen molar-refractivity contribution in [3.63, 3.8) is 0 Å². The predicted octanol–water partition coefficient (Wildman–Crippen LogP) is 3.55. The molecule has 2 amide bonds. The van der Waals surface area contributed by atoms with Crippen molar-refractivity contribution in [2.75, 3.05) is 25.6 Å². The zero-order valence-corrected chi connectivity index (χ0v) is 12.9. The zero-order chi connectivity index (χ0) is 15.8. The first-order valence-corrected chi connectivity index (χ1v) is 7.13. The average molecular weight is 321 g/mol. The minimum Gasteiger partial charge on any atom is -0.497 e. The molecule has 2 N–H and O–H groups in total.